The zero-order valence-electron chi connectivity index (χ0n) is 14.1. The summed E-state index contributed by atoms with van der Waals surface area (Å²) in [6.45, 7) is 11.5. The summed E-state index contributed by atoms with van der Waals surface area (Å²) in [5, 5.41) is 0. The predicted molar refractivity (Wildman–Crippen MR) is 83.5 cm³/mol. The lowest BCUT2D eigenvalue weighted by molar-refractivity contribution is -0.133. The van der Waals surface area contributed by atoms with Crippen molar-refractivity contribution in [2.24, 2.45) is 34.0 Å². The molecule has 4 aliphatic rings. The van der Waals surface area contributed by atoms with Crippen LogP contribution in [0.5, 0.6) is 0 Å². The first-order valence-corrected chi connectivity index (χ1v) is 8.63. The summed E-state index contributed by atoms with van der Waals surface area (Å²) in [4.78, 5) is 13.1. The third kappa shape index (κ3) is 2.46. The molecule has 4 rings (SSSR count). The van der Waals surface area contributed by atoms with E-state index in [0.29, 0.717) is 11.2 Å². The minimum Gasteiger partial charge on any atom is -0.299 e. The molecule has 0 N–H and O–H groups in total. The quantitative estimate of drug-likeness (QED) is 0.686. The zero-order chi connectivity index (χ0) is 14.8. The van der Waals surface area contributed by atoms with Gasteiger partial charge >= 0.3 is 0 Å². The van der Waals surface area contributed by atoms with E-state index in [1.165, 1.54) is 32.1 Å². The third-order valence-corrected chi connectivity index (χ3v) is 6.19. The van der Waals surface area contributed by atoms with Crippen LogP contribution in [0, 0.1) is 34.0 Å². The standard InChI is InChI=1S/C19H32O/c1-17(2,3)12-18(4,5)11-16(20)19-9-13-6-14(10-19)8-15(19)7-13/h13-15H,6-12H2,1-5H3. The zero-order valence-corrected chi connectivity index (χ0v) is 14.1. The van der Waals surface area contributed by atoms with Crippen LogP contribution in [-0.4, -0.2) is 5.78 Å². The van der Waals surface area contributed by atoms with Gasteiger partial charge in [-0.3, -0.25) is 4.79 Å². The van der Waals surface area contributed by atoms with E-state index in [9.17, 15) is 4.79 Å². The van der Waals surface area contributed by atoms with Gasteiger partial charge in [0.1, 0.15) is 5.78 Å². The van der Waals surface area contributed by atoms with E-state index < -0.39 is 0 Å². The molecule has 1 heteroatoms. The summed E-state index contributed by atoms with van der Waals surface area (Å²) < 4.78 is 0. The molecule has 0 heterocycles. The second-order valence-corrected chi connectivity index (χ2v) is 10.2. The lowest BCUT2D eigenvalue weighted by atomic mass is 9.66. The Kier molecular flexibility index (Phi) is 3.16. The van der Waals surface area contributed by atoms with Crippen molar-refractivity contribution in [2.45, 2.75) is 79.6 Å². The maximum atomic E-state index is 13.1. The molecular weight excluding hydrogens is 244 g/mol. The van der Waals surface area contributed by atoms with Crippen LogP contribution in [0.4, 0.5) is 0 Å². The van der Waals surface area contributed by atoms with E-state index in [1.54, 1.807) is 0 Å². The summed E-state index contributed by atoms with van der Waals surface area (Å²) in [7, 11) is 0. The fourth-order valence-electron chi connectivity index (χ4n) is 6.36. The molecule has 1 nitrogen and oxygen atoms in total. The molecule has 0 aliphatic heterocycles. The molecule has 2 atom stereocenters. The molecule has 2 unspecified atom stereocenters. The Labute approximate surface area is 124 Å². The van der Waals surface area contributed by atoms with E-state index in [-0.39, 0.29) is 10.8 Å². The van der Waals surface area contributed by atoms with Crippen LogP contribution < -0.4 is 0 Å². The summed E-state index contributed by atoms with van der Waals surface area (Å²) in [6.07, 6.45) is 8.57. The lowest BCUT2D eigenvalue weighted by Crippen LogP contribution is -2.36. The Balaban J connectivity index is 1.71. The van der Waals surface area contributed by atoms with Crippen molar-refractivity contribution < 1.29 is 4.79 Å². The number of carbonyl (C=O) groups excluding carboxylic acids is 1. The number of Topliss-reactive ketones (excluding diaryl/α,β-unsaturated/α-hetero) is 1. The summed E-state index contributed by atoms with van der Waals surface area (Å²) in [6, 6.07) is 0. The van der Waals surface area contributed by atoms with Crippen LogP contribution in [0.15, 0.2) is 0 Å². The van der Waals surface area contributed by atoms with Gasteiger partial charge in [0, 0.05) is 11.8 Å². The average molecular weight is 276 g/mol. The first-order valence-electron chi connectivity index (χ1n) is 8.63. The largest absolute Gasteiger partial charge is 0.299 e. The molecule has 0 aromatic heterocycles. The molecule has 0 aromatic rings. The second-order valence-electron chi connectivity index (χ2n) is 10.2. The molecule has 4 bridgehead atoms. The summed E-state index contributed by atoms with van der Waals surface area (Å²) in [5.74, 6) is 3.16. The van der Waals surface area contributed by atoms with Gasteiger partial charge in [0.25, 0.3) is 0 Å². The van der Waals surface area contributed by atoms with Crippen LogP contribution >= 0.6 is 0 Å². The monoisotopic (exact) mass is 276 g/mol. The van der Waals surface area contributed by atoms with Gasteiger partial charge < -0.3 is 0 Å². The first kappa shape index (κ1) is 14.6. The number of hydrogen-bond donors (Lipinski definition) is 0. The third-order valence-electron chi connectivity index (χ3n) is 6.19. The summed E-state index contributed by atoms with van der Waals surface area (Å²) in [5.41, 5.74) is 0.598. The topological polar surface area (TPSA) is 17.1 Å². The minimum atomic E-state index is 0.128. The number of hydrogen-bond acceptors (Lipinski definition) is 1. The second kappa shape index (κ2) is 4.34. The Morgan fingerprint density at radius 2 is 1.55 bits per heavy atom. The van der Waals surface area contributed by atoms with Gasteiger partial charge in [-0.25, -0.2) is 0 Å². The van der Waals surface area contributed by atoms with E-state index in [4.69, 9.17) is 0 Å². The average Bonchev–Trinajstić information content (AvgIpc) is 2.60. The van der Waals surface area contributed by atoms with Crippen molar-refractivity contribution in [2.75, 3.05) is 0 Å². The fraction of sp³-hybridized carbons (Fsp3) is 0.947. The molecule has 0 saturated heterocycles. The summed E-state index contributed by atoms with van der Waals surface area (Å²) >= 11 is 0. The maximum absolute atomic E-state index is 13.1. The fourth-order valence-corrected chi connectivity index (χ4v) is 6.36. The van der Waals surface area contributed by atoms with Crippen molar-refractivity contribution in [3.63, 3.8) is 0 Å². The van der Waals surface area contributed by atoms with Gasteiger partial charge in [0.2, 0.25) is 0 Å². The molecule has 4 fully saturated rings. The Morgan fingerprint density at radius 3 is 2.05 bits per heavy atom. The SMILES string of the molecule is CC(C)(C)CC(C)(C)CC(=O)C12CC3CC(CC1C3)C2. The Hall–Kier alpha value is -0.330. The van der Waals surface area contributed by atoms with Crippen molar-refractivity contribution in [1.29, 1.82) is 0 Å². The van der Waals surface area contributed by atoms with Crippen LogP contribution in [0.25, 0.3) is 0 Å². The predicted octanol–water partition coefficient (Wildman–Crippen LogP) is 5.23. The maximum Gasteiger partial charge on any atom is 0.139 e. The Morgan fingerprint density at radius 1 is 1.00 bits per heavy atom. The molecule has 4 saturated carbocycles. The normalized spacial score (nSPS) is 39.5. The van der Waals surface area contributed by atoms with Gasteiger partial charge in [-0.05, 0) is 67.1 Å². The van der Waals surface area contributed by atoms with E-state index in [1.807, 2.05) is 0 Å². The molecule has 0 amide bonds. The number of carbonyl (C=O) groups is 1. The molecule has 114 valence electrons. The highest BCUT2D eigenvalue weighted by atomic mass is 16.1. The minimum absolute atomic E-state index is 0.128. The van der Waals surface area contributed by atoms with Crippen LogP contribution in [-0.2, 0) is 4.79 Å². The highest BCUT2D eigenvalue weighted by molar-refractivity contribution is 5.86. The van der Waals surface area contributed by atoms with Gasteiger partial charge in [-0.1, -0.05) is 34.6 Å². The lowest BCUT2D eigenvalue weighted by Gasteiger charge is -2.37. The molecule has 0 aromatic carbocycles. The van der Waals surface area contributed by atoms with Gasteiger partial charge in [0.15, 0.2) is 0 Å². The Bertz CT molecular complexity index is 398. The molecule has 0 radical (unpaired) electrons. The van der Waals surface area contributed by atoms with Gasteiger partial charge in [-0.2, -0.15) is 0 Å². The van der Waals surface area contributed by atoms with E-state index >= 15 is 0 Å². The van der Waals surface area contributed by atoms with Crippen molar-refractivity contribution in [3.05, 3.63) is 0 Å². The molecule has 4 aliphatic carbocycles. The molecule has 0 spiro atoms. The highest BCUT2D eigenvalue weighted by Crippen LogP contribution is 2.66. The van der Waals surface area contributed by atoms with Crippen molar-refractivity contribution >= 4 is 5.78 Å². The first-order chi connectivity index (χ1) is 9.10. The molecule has 20 heavy (non-hydrogen) atoms. The van der Waals surface area contributed by atoms with Crippen molar-refractivity contribution in [3.8, 4) is 0 Å². The highest BCUT2D eigenvalue weighted by Gasteiger charge is 2.61. The van der Waals surface area contributed by atoms with Crippen LogP contribution in [0.1, 0.15) is 79.6 Å². The smallest absolute Gasteiger partial charge is 0.139 e. The van der Waals surface area contributed by atoms with E-state index in [2.05, 4.69) is 34.6 Å². The van der Waals surface area contributed by atoms with Gasteiger partial charge in [0.05, 0.1) is 0 Å². The molecular formula is C19H32O. The van der Waals surface area contributed by atoms with Crippen molar-refractivity contribution in [1.82, 2.24) is 0 Å². The van der Waals surface area contributed by atoms with Crippen LogP contribution in [0.2, 0.25) is 0 Å². The van der Waals surface area contributed by atoms with E-state index in [0.717, 1.165) is 30.6 Å². The van der Waals surface area contributed by atoms with Gasteiger partial charge in [-0.15, -0.1) is 0 Å². The number of ketones is 1. The van der Waals surface area contributed by atoms with Crippen LogP contribution in [0.3, 0.4) is 0 Å². The number of rotatable bonds is 4.